The molecule has 4 aromatic rings. The Labute approximate surface area is 194 Å². The molecule has 3 aromatic heterocycles. The van der Waals surface area contributed by atoms with E-state index in [2.05, 4.69) is 25.3 Å². The predicted molar refractivity (Wildman–Crippen MR) is 118 cm³/mol. The van der Waals surface area contributed by atoms with Gasteiger partial charge in [0.2, 0.25) is 10.9 Å². The van der Waals surface area contributed by atoms with Gasteiger partial charge in [-0.1, -0.05) is 23.1 Å². The average molecular weight is 490 g/mol. The van der Waals surface area contributed by atoms with Gasteiger partial charge in [-0.05, 0) is 36.4 Å². The van der Waals surface area contributed by atoms with Gasteiger partial charge in [-0.15, -0.1) is 10.2 Å². The average Bonchev–Trinajstić information content (AvgIpc) is 3.57. The highest BCUT2D eigenvalue weighted by Crippen LogP contribution is 2.29. The van der Waals surface area contributed by atoms with E-state index in [1.807, 2.05) is 0 Å². The van der Waals surface area contributed by atoms with Crippen LogP contribution in [0, 0.1) is 5.82 Å². The molecular formula is C20H16FN5O5S2. The van der Waals surface area contributed by atoms with Crippen LogP contribution in [0.25, 0.3) is 5.69 Å². The summed E-state index contributed by atoms with van der Waals surface area (Å²) in [5.41, 5.74) is 0.605. The number of nitrogens with zero attached hydrogens (tertiary/aromatic N) is 4. The summed E-state index contributed by atoms with van der Waals surface area (Å²) in [6.45, 7) is 0. The predicted octanol–water partition coefficient (Wildman–Crippen LogP) is 3.80. The summed E-state index contributed by atoms with van der Waals surface area (Å²) >= 11 is 2.50. The van der Waals surface area contributed by atoms with Crippen molar-refractivity contribution < 1.29 is 27.9 Å². The van der Waals surface area contributed by atoms with Crippen molar-refractivity contribution >= 4 is 40.1 Å². The van der Waals surface area contributed by atoms with Gasteiger partial charge >= 0.3 is 5.97 Å². The summed E-state index contributed by atoms with van der Waals surface area (Å²) in [6.07, 6.45) is 1.52. The van der Waals surface area contributed by atoms with E-state index in [0.29, 0.717) is 21.5 Å². The monoisotopic (exact) mass is 489 g/mol. The molecule has 0 aliphatic rings. The molecule has 0 radical (unpaired) electrons. The molecular weight excluding hydrogens is 473 g/mol. The number of rotatable bonds is 8. The topological polar surface area (TPSA) is 121 Å². The van der Waals surface area contributed by atoms with Gasteiger partial charge in [0, 0.05) is 0 Å². The molecule has 33 heavy (non-hydrogen) atoms. The molecule has 0 fully saturated rings. The Morgan fingerprint density at radius 3 is 2.70 bits per heavy atom. The lowest BCUT2D eigenvalue weighted by Gasteiger charge is -2.00. The van der Waals surface area contributed by atoms with Crippen molar-refractivity contribution in [1.82, 2.24) is 20.0 Å². The maximum Gasteiger partial charge on any atom is 0.373 e. The van der Waals surface area contributed by atoms with Crippen LogP contribution >= 0.6 is 23.1 Å². The third-order valence-corrected chi connectivity index (χ3v) is 6.21. The number of amides is 1. The van der Waals surface area contributed by atoms with Gasteiger partial charge in [-0.25, -0.2) is 13.9 Å². The molecule has 0 spiro atoms. The zero-order valence-electron chi connectivity index (χ0n) is 17.3. The normalized spacial score (nSPS) is 10.8. The number of benzene rings is 1. The molecule has 0 aliphatic heterocycles. The largest absolute Gasteiger partial charge is 0.493 e. The molecule has 170 valence electrons. The molecule has 1 N–H and O–H groups in total. The first-order valence-corrected chi connectivity index (χ1v) is 11.1. The fourth-order valence-corrected chi connectivity index (χ4v) is 4.31. The Morgan fingerprint density at radius 2 is 1.97 bits per heavy atom. The maximum absolute atomic E-state index is 13.2. The van der Waals surface area contributed by atoms with E-state index in [-0.39, 0.29) is 28.2 Å². The molecule has 1 amide bonds. The molecule has 0 saturated heterocycles. The number of hydrogen-bond acceptors (Lipinski definition) is 10. The molecule has 1 aromatic carbocycles. The van der Waals surface area contributed by atoms with Crippen LogP contribution in [0.4, 0.5) is 9.52 Å². The molecule has 0 bridgehead atoms. The number of aromatic nitrogens is 4. The van der Waals surface area contributed by atoms with Crippen LogP contribution in [0.2, 0.25) is 0 Å². The van der Waals surface area contributed by atoms with Gasteiger partial charge in [0.1, 0.15) is 11.6 Å². The molecule has 0 aliphatic carbocycles. The number of esters is 1. The van der Waals surface area contributed by atoms with Crippen molar-refractivity contribution in [2.24, 2.45) is 0 Å². The summed E-state index contributed by atoms with van der Waals surface area (Å²) in [7, 11) is 2.70. The number of hydrogen-bond donors (Lipinski definition) is 1. The van der Waals surface area contributed by atoms with Crippen LogP contribution in [0.5, 0.6) is 5.75 Å². The van der Waals surface area contributed by atoms with Crippen molar-refractivity contribution in [3.8, 4) is 11.4 Å². The number of halogens is 1. The summed E-state index contributed by atoms with van der Waals surface area (Å²) in [6, 6.07) is 8.86. The number of ether oxygens (including phenoxy) is 2. The van der Waals surface area contributed by atoms with E-state index < -0.39 is 11.9 Å². The quantitative estimate of drug-likeness (QED) is 0.224. The van der Waals surface area contributed by atoms with Crippen molar-refractivity contribution in [3.63, 3.8) is 0 Å². The second-order valence-corrected chi connectivity index (χ2v) is 8.54. The van der Waals surface area contributed by atoms with Crippen LogP contribution in [-0.2, 0) is 10.5 Å². The van der Waals surface area contributed by atoms with E-state index in [1.54, 1.807) is 6.07 Å². The minimum absolute atomic E-state index is 0.0390. The van der Waals surface area contributed by atoms with Gasteiger partial charge in [-0.2, -0.15) is 5.10 Å². The second-order valence-electron chi connectivity index (χ2n) is 6.34. The summed E-state index contributed by atoms with van der Waals surface area (Å²) in [5.74, 6) is -0.120. The molecule has 3 heterocycles. The van der Waals surface area contributed by atoms with E-state index in [9.17, 15) is 14.0 Å². The highest BCUT2D eigenvalue weighted by Gasteiger charge is 2.20. The van der Waals surface area contributed by atoms with Crippen LogP contribution in [-0.4, -0.2) is 46.1 Å². The summed E-state index contributed by atoms with van der Waals surface area (Å²) in [4.78, 5) is 24.2. The number of anilines is 1. The molecule has 0 unspecified atom stereocenters. The maximum atomic E-state index is 13.2. The fraction of sp³-hybridized carbons (Fsp3) is 0.150. The highest BCUT2D eigenvalue weighted by atomic mass is 32.2. The van der Waals surface area contributed by atoms with Crippen LogP contribution in [0.15, 0.2) is 51.4 Å². The van der Waals surface area contributed by atoms with Gasteiger partial charge in [-0.3, -0.25) is 10.1 Å². The fourth-order valence-electron chi connectivity index (χ4n) is 2.66. The van der Waals surface area contributed by atoms with Gasteiger partial charge in [0.05, 0.1) is 31.9 Å². The van der Waals surface area contributed by atoms with E-state index in [4.69, 9.17) is 9.15 Å². The molecule has 13 heteroatoms. The smallest absolute Gasteiger partial charge is 0.373 e. The van der Waals surface area contributed by atoms with Crippen molar-refractivity contribution in [2.75, 3.05) is 19.5 Å². The number of nitrogens with one attached hydrogen (secondary N) is 1. The number of furan rings is 1. The Morgan fingerprint density at radius 1 is 1.18 bits per heavy atom. The standard InChI is InChI=1S/C20H16FN5O5S2/c1-29-15-9-26(12-5-3-11(21)4-6-12)25-16(15)17(27)22-19-23-24-20(33-19)32-10-13-7-8-14(31-13)18(28)30-2/h3-9H,10H2,1-2H3,(H,22,23,27). The zero-order chi connectivity index (χ0) is 23.4. The molecule has 10 nitrogen and oxygen atoms in total. The van der Waals surface area contributed by atoms with Crippen LogP contribution in [0.1, 0.15) is 26.8 Å². The lowest BCUT2D eigenvalue weighted by atomic mass is 10.3. The Balaban J connectivity index is 1.40. The lowest BCUT2D eigenvalue weighted by Crippen LogP contribution is -2.14. The second kappa shape index (κ2) is 9.83. The van der Waals surface area contributed by atoms with E-state index in [1.165, 1.54) is 78.5 Å². The Kier molecular flexibility index (Phi) is 6.70. The third kappa shape index (κ3) is 5.21. The third-order valence-electron chi connectivity index (χ3n) is 4.22. The van der Waals surface area contributed by atoms with Crippen LogP contribution < -0.4 is 10.1 Å². The van der Waals surface area contributed by atoms with Gasteiger partial charge in [0.25, 0.3) is 5.91 Å². The molecule has 4 rings (SSSR count). The SMILES string of the molecule is COC(=O)c1ccc(CSc2nnc(NC(=O)c3nn(-c4ccc(F)cc4)cc3OC)s2)o1. The Bertz CT molecular complexity index is 1280. The van der Waals surface area contributed by atoms with Crippen molar-refractivity contribution in [3.05, 3.63) is 65.6 Å². The zero-order valence-corrected chi connectivity index (χ0v) is 18.9. The molecule has 0 atom stereocenters. The van der Waals surface area contributed by atoms with E-state index >= 15 is 0 Å². The van der Waals surface area contributed by atoms with Crippen molar-refractivity contribution in [1.29, 1.82) is 0 Å². The number of carbonyl (C=O) groups excluding carboxylic acids is 2. The minimum Gasteiger partial charge on any atom is -0.493 e. The van der Waals surface area contributed by atoms with Crippen molar-refractivity contribution in [2.45, 2.75) is 10.1 Å². The number of carbonyl (C=O) groups is 2. The first kappa shape index (κ1) is 22.5. The first-order valence-electron chi connectivity index (χ1n) is 9.31. The highest BCUT2D eigenvalue weighted by molar-refractivity contribution is 8.00. The summed E-state index contributed by atoms with van der Waals surface area (Å²) in [5, 5.41) is 15.2. The van der Waals surface area contributed by atoms with Crippen LogP contribution in [0.3, 0.4) is 0 Å². The lowest BCUT2D eigenvalue weighted by molar-refractivity contribution is 0.0563. The van der Waals surface area contributed by atoms with E-state index in [0.717, 1.165) is 0 Å². The summed E-state index contributed by atoms with van der Waals surface area (Å²) < 4.78 is 30.4. The Hall–Kier alpha value is -3.71. The minimum atomic E-state index is -0.551. The number of methoxy groups -OCH3 is 2. The van der Waals surface area contributed by atoms with Gasteiger partial charge in [0.15, 0.2) is 15.8 Å². The molecule has 0 saturated carbocycles. The first-order chi connectivity index (χ1) is 16.0. The number of thioether (sulfide) groups is 1. The van der Waals surface area contributed by atoms with Gasteiger partial charge < -0.3 is 13.9 Å².